The molecule has 0 aromatic rings. The highest BCUT2D eigenvalue weighted by Gasteiger charge is 2.23. The predicted octanol–water partition coefficient (Wildman–Crippen LogP) is 0.716. The van der Waals surface area contributed by atoms with Gasteiger partial charge >= 0.3 is 5.97 Å². The lowest BCUT2D eigenvalue weighted by atomic mass is 9.97. The molecule has 1 unspecified atom stereocenters. The first-order valence-corrected chi connectivity index (χ1v) is 7.41. The summed E-state index contributed by atoms with van der Waals surface area (Å²) in [6.45, 7) is 5.48. The minimum absolute atomic E-state index is 0.0151. The number of ether oxygens (including phenoxy) is 1. The normalized spacial score (nSPS) is 19.1. The van der Waals surface area contributed by atoms with Crippen LogP contribution in [0.1, 0.15) is 32.6 Å². The Labute approximate surface area is 120 Å². The maximum Gasteiger partial charge on any atom is 0.317 e. The van der Waals surface area contributed by atoms with Crippen LogP contribution in [0.25, 0.3) is 0 Å². The molecule has 1 rings (SSSR count). The molecule has 2 N–H and O–H groups in total. The van der Waals surface area contributed by atoms with Crippen LogP contribution in [0.15, 0.2) is 0 Å². The molecule has 1 atom stereocenters. The molecule has 0 bridgehead atoms. The third-order valence-electron chi connectivity index (χ3n) is 3.46. The van der Waals surface area contributed by atoms with Crippen molar-refractivity contribution in [3.63, 3.8) is 0 Å². The molecule has 6 nitrogen and oxygen atoms in total. The van der Waals surface area contributed by atoms with Crippen LogP contribution in [0.4, 0.5) is 0 Å². The minimum Gasteiger partial charge on any atom is -0.480 e. The van der Waals surface area contributed by atoms with Crippen LogP contribution in [-0.2, 0) is 14.3 Å². The molecular formula is C14H26N2O4. The fourth-order valence-corrected chi connectivity index (χ4v) is 2.47. The van der Waals surface area contributed by atoms with Gasteiger partial charge in [-0.15, -0.1) is 0 Å². The molecule has 0 spiro atoms. The molecule has 1 heterocycles. The Morgan fingerprint density at radius 3 is 2.95 bits per heavy atom. The van der Waals surface area contributed by atoms with Gasteiger partial charge in [-0.3, -0.25) is 9.59 Å². The number of nitrogens with one attached hydrogen (secondary N) is 1. The summed E-state index contributed by atoms with van der Waals surface area (Å²) in [4.78, 5) is 24.4. The first kappa shape index (κ1) is 16.9. The Balaban J connectivity index is 2.21. The van der Waals surface area contributed by atoms with E-state index in [9.17, 15) is 9.59 Å². The van der Waals surface area contributed by atoms with Crippen molar-refractivity contribution in [2.24, 2.45) is 5.92 Å². The van der Waals surface area contributed by atoms with Gasteiger partial charge in [0.15, 0.2) is 0 Å². The van der Waals surface area contributed by atoms with E-state index < -0.39 is 5.97 Å². The number of likely N-dealkylation sites (tertiary alicyclic amines) is 1. The fraction of sp³-hybridized carbons (Fsp3) is 0.857. The molecule has 1 fully saturated rings. The van der Waals surface area contributed by atoms with E-state index in [0.717, 1.165) is 32.4 Å². The van der Waals surface area contributed by atoms with E-state index in [-0.39, 0.29) is 12.5 Å². The van der Waals surface area contributed by atoms with E-state index in [2.05, 4.69) is 5.32 Å². The highest BCUT2D eigenvalue weighted by Crippen LogP contribution is 2.16. The highest BCUT2D eigenvalue weighted by atomic mass is 16.5. The second-order valence-corrected chi connectivity index (χ2v) is 5.17. The molecular weight excluding hydrogens is 260 g/mol. The van der Waals surface area contributed by atoms with Crippen molar-refractivity contribution in [1.82, 2.24) is 10.2 Å². The van der Waals surface area contributed by atoms with E-state index in [1.165, 1.54) is 0 Å². The predicted molar refractivity (Wildman–Crippen MR) is 75.5 cm³/mol. The number of nitrogens with zero attached hydrogens (tertiary/aromatic N) is 1. The summed E-state index contributed by atoms with van der Waals surface area (Å²) >= 11 is 0. The first-order chi connectivity index (χ1) is 9.63. The van der Waals surface area contributed by atoms with Crippen LogP contribution < -0.4 is 5.32 Å². The Hall–Kier alpha value is -1.14. The number of carbonyl (C=O) groups excluding carboxylic acids is 1. The Bertz CT molecular complexity index is 310. The zero-order valence-corrected chi connectivity index (χ0v) is 12.3. The standard InChI is InChI=1S/C14H26N2O4/c1-2-20-8-4-6-13(17)16-7-3-5-12(11-16)9-15-10-14(18)19/h12,15H,2-11H2,1H3,(H,18,19). The van der Waals surface area contributed by atoms with Crippen molar-refractivity contribution in [3.8, 4) is 0 Å². The lowest BCUT2D eigenvalue weighted by Gasteiger charge is -2.33. The van der Waals surface area contributed by atoms with Gasteiger partial charge in [0.25, 0.3) is 0 Å². The lowest BCUT2D eigenvalue weighted by molar-refractivity contribution is -0.136. The van der Waals surface area contributed by atoms with Crippen LogP contribution in [0.2, 0.25) is 0 Å². The molecule has 1 aliphatic rings. The number of carboxylic acid groups (broad SMARTS) is 1. The highest BCUT2D eigenvalue weighted by molar-refractivity contribution is 5.76. The van der Waals surface area contributed by atoms with Gasteiger partial charge < -0.3 is 20.1 Å². The van der Waals surface area contributed by atoms with Gasteiger partial charge in [-0.2, -0.15) is 0 Å². The Morgan fingerprint density at radius 2 is 2.25 bits per heavy atom. The van der Waals surface area contributed by atoms with Crippen molar-refractivity contribution < 1.29 is 19.4 Å². The minimum atomic E-state index is -0.843. The van der Waals surface area contributed by atoms with E-state index in [0.29, 0.717) is 32.1 Å². The second kappa shape index (κ2) is 9.72. The van der Waals surface area contributed by atoms with Crippen molar-refractivity contribution in [2.75, 3.05) is 39.4 Å². The number of hydrogen-bond acceptors (Lipinski definition) is 4. The van der Waals surface area contributed by atoms with Gasteiger partial charge in [0.2, 0.25) is 5.91 Å². The summed E-state index contributed by atoms with van der Waals surface area (Å²) < 4.78 is 5.23. The SMILES string of the molecule is CCOCCCC(=O)N1CCCC(CNCC(=O)O)C1. The summed E-state index contributed by atoms with van der Waals surface area (Å²) in [5.74, 6) is -0.295. The number of aliphatic carboxylic acids is 1. The van der Waals surface area contributed by atoms with Gasteiger partial charge in [0.1, 0.15) is 0 Å². The first-order valence-electron chi connectivity index (χ1n) is 7.41. The molecule has 6 heteroatoms. The van der Waals surface area contributed by atoms with Crippen molar-refractivity contribution >= 4 is 11.9 Å². The summed E-state index contributed by atoms with van der Waals surface area (Å²) in [5, 5.41) is 11.5. The zero-order chi connectivity index (χ0) is 14.8. The van der Waals surface area contributed by atoms with E-state index in [1.807, 2.05) is 11.8 Å². The molecule has 0 aromatic carbocycles. The zero-order valence-electron chi connectivity index (χ0n) is 12.3. The van der Waals surface area contributed by atoms with Crippen molar-refractivity contribution in [2.45, 2.75) is 32.6 Å². The monoisotopic (exact) mass is 286 g/mol. The number of hydrogen-bond donors (Lipinski definition) is 2. The van der Waals surface area contributed by atoms with Gasteiger partial charge in [0.05, 0.1) is 6.54 Å². The maximum atomic E-state index is 12.0. The smallest absolute Gasteiger partial charge is 0.317 e. The fourth-order valence-electron chi connectivity index (χ4n) is 2.47. The van der Waals surface area contributed by atoms with Crippen LogP contribution in [0.5, 0.6) is 0 Å². The number of carbonyl (C=O) groups is 2. The second-order valence-electron chi connectivity index (χ2n) is 5.17. The number of carboxylic acids is 1. The molecule has 1 amide bonds. The van der Waals surface area contributed by atoms with Gasteiger partial charge in [0, 0.05) is 39.3 Å². The average Bonchev–Trinajstić information content (AvgIpc) is 2.43. The number of piperidine rings is 1. The quantitative estimate of drug-likeness (QED) is 0.611. The Kier molecular flexibility index (Phi) is 8.22. The van der Waals surface area contributed by atoms with Crippen LogP contribution >= 0.6 is 0 Å². The molecule has 1 aliphatic heterocycles. The third-order valence-corrected chi connectivity index (χ3v) is 3.46. The van der Waals surface area contributed by atoms with Crippen LogP contribution in [-0.4, -0.2) is 61.3 Å². The molecule has 0 saturated carbocycles. The molecule has 0 aromatic heterocycles. The maximum absolute atomic E-state index is 12.0. The van der Waals surface area contributed by atoms with Gasteiger partial charge in [-0.25, -0.2) is 0 Å². The molecule has 0 radical (unpaired) electrons. The molecule has 0 aliphatic carbocycles. The van der Waals surface area contributed by atoms with Crippen molar-refractivity contribution in [1.29, 1.82) is 0 Å². The number of rotatable bonds is 9. The van der Waals surface area contributed by atoms with Crippen LogP contribution in [0, 0.1) is 5.92 Å². The summed E-state index contributed by atoms with van der Waals surface area (Å²) in [6, 6.07) is 0. The molecule has 20 heavy (non-hydrogen) atoms. The molecule has 116 valence electrons. The average molecular weight is 286 g/mol. The van der Waals surface area contributed by atoms with Gasteiger partial charge in [-0.1, -0.05) is 0 Å². The van der Waals surface area contributed by atoms with E-state index in [4.69, 9.17) is 9.84 Å². The topological polar surface area (TPSA) is 78.9 Å². The lowest BCUT2D eigenvalue weighted by Crippen LogP contribution is -2.43. The summed E-state index contributed by atoms with van der Waals surface area (Å²) in [5.41, 5.74) is 0. The van der Waals surface area contributed by atoms with Gasteiger partial charge in [-0.05, 0) is 32.1 Å². The summed E-state index contributed by atoms with van der Waals surface area (Å²) in [6.07, 6.45) is 3.35. The third kappa shape index (κ3) is 6.86. The summed E-state index contributed by atoms with van der Waals surface area (Å²) in [7, 11) is 0. The Morgan fingerprint density at radius 1 is 1.45 bits per heavy atom. The van der Waals surface area contributed by atoms with E-state index >= 15 is 0 Å². The van der Waals surface area contributed by atoms with Crippen LogP contribution in [0.3, 0.4) is 0 Å². The largest absolute Gasteiger partial charge is 0.480 e. The van der Waals surface area contributed by atoms with Crippen molar-refractivity contribution in [3.05, 3.63) is 0 Å². The number of amides is 1. The van der Waals surface area contributed by atoms with E-state index in [1.54, 1.807) is 0 Å². The molecule has 1 saturated heterocycles.